The molecule has 0 atom stereocenters. The highest BCUT2D eigenvalue weighted by Crippen LogP contribution is 2.13. The van der Waals surface area contributed by atoms with Crippen LogP contribution in [0.5, 0.6) is 0 Å². The molecule has 0 aliphatic carbocycles. The third-order valence-corrected chi connectivity index (χ3v) is 8.91. The average molecular weight is 680 g/mol. The normalized spacial score (nSPS) is 12.0. The van der Waals surface area contributed by atoms with Gasteiger partial charge in [0.2, 0.25) is 0 Å². The molecule has 0 fully saturated rings. The van der Waals surface area contributed by atoms with Crippen LogP contribution in [-0.4, -0.2) is 68.3 Å². The summed E-state index contributed by atoms with van der Waals surface area (Å²) in [5.74, 6) is -0.0261. The molecule has 0 saturated heterocycles. The first-order valence-corrected chi connectivity index (χ1v) is 20.7. The highest BCUT2D eigenvalue weighted by molar-refractivity contribution is 5.69. The molecule has 0 aromatic rings. The summed E-state index contributed by atoms with van der Waals surface area (Å²) in [6, 6.07) is 0. The van der Waals surface area contributed by atoms with Crippen LogP contribution in [0.3, 0.4) is 0 Å². The van der Waals surface area contributed by atoms with Crippen molar-refractivity contribution in [2.24, 2.45) is 0 Å². The van der Waals surface area contributed by atoms with Gasteiger partial charge in [0.25, 0.3) is 0 Å². The minimum absolute atomic E-state index is 0.0261. The van der Waals surface area contributed by atoms with Gasteiger partial charge in [0.15, 0.2) is 6.29 Å². The first-order valence-electron chi connectivity index (χ1n) is 20.7. The van der Waals surface area contributed by atoms with Crippen molar-refractivity contribution >= 4 is 5.97 Å². The first kappa shape index (κ1) is 46.8. The minimum atomic E-state index is -0.107. The van der Waals surface area contributed by atoms with E-state index in [0.717, 1.165) is 103 Å². The van der Waals surface area contributed by atoms with Crippen LogP contribution < -0.4 is 0 Å². The molecule has 0 aromatic heterocycles. The molecule has 6 heteroatoms. The van der Waals surface area contributed by atoms with E-state index >= 15 is 0 Å². The van der Waals surface area contributed by atoms with Crippen molar-refractivity contribution in [3.05, 3.63) is 24.3 Å². The number of hydrogen-bond donors (Lipinski definition) is 1. The molecule has 0 unspecified atom stereocenters. The molecule has 1 N–H and O–H groups in total. The molecule has 48 heavy (non-hydrogen) atoms. The van der Waals surface area contributed by atoms with E-state index in [1.165, 1.54) is 89.9 Å². The SMILES string of the molecule is CCCC/C=C\CCOC(CCCCCCN(CCO)CCCCCCCC(=O)OCCCCCCCCC)OCC/C=C\CCCC. The first-order chi connectivity index (χ1) is 23.7. The van der Waals surface area contributed by atoms with Crippen molar-refractivity contribution in [1.29, 1.82) is 0 Å². The van der Waals surface area contributed by atoms with Gasteiger partial charge in [-0.1, -0.05) is 141 Å². The summed E-state index contributed by atoms with van der Waals surface area (Å²) >= 11 is 0. The second kappa shape index (κ2) is 40.2. The Morgan fingerprint density at radius 1 is 0.542 bits per heavy atom. The number of carbonyl (C=O) groups is 1. The molecule has 0 rings (SSSR count). The predicted molar refractivity (Wildman–Crippen MR) is 206 cm³/mol. The summed E-state index contributed by atoms with van der Waals surface area (Å²) in [6.45, 7) is 11.8. The third-order valence-electron chi connectivity index (χ3n) is 8.91. The van der Waals surface area contributed by atoms with Gasteiger partial charge in [0.05, 0.1) is 26.4 Å². The zero-order valence-electron chi connectivity index (χ0n) is 32.2. The highest BCUT2D eigenvalue weighted by Gasteiger charge is 2.10. The van der Waals surface area contributed by atoms with Crippen molar-refractivity contribution in [2.75, 3.05) is 46.1 Å². The van der Waals surface area contributed by atoms with Gasteiger partial charge in [-0.05, 0) is 77.3 Å². The number of esters is 1. The topological polar surface area (TPSA) is 68.2 Å². The molecule has 0 bridgehead atoms. The van der Waals surface area contributed by atoms with E-state index in [2.05, 4.69) is 50.0 Å². The molecule has 0 radical (unpaired) electrons. The lowest BCUT2D eigenvalue weighted by atomic mass is 10.1. The quantitative estimate of drug-likeness (QED) is 0.0302. The summed E-state index contributed by atoms with van der Waals surface area (Å²) in [5.41, 5.74) is 0. The maximum absolute atomic E-state index is 12.0. The smallest absolute Gasteiger partial charge is 0.305 e. The second-order valence-electron chi connectivity index (χ2n) is 13.6. The molecular weight excluding hydrogens is 598 g/mol. The van der Waals surface area contributed by atoms with Crippen molar-refractivity contribution in [1.82, 2.24) is 4.90 Å². The standard InChI is InChI=1S/C42H81NO5/c1-4-7-10-13-16-24-29-38-46-41(45)32-25-18-17-20-27-34-43(36-37-44)35-28-21-19-26-33-42(47-39-30-22-14-11-8-5-2)48-40-31-23-15-12-9-6-3/h14-15,22-23,42,44H,4-13,16-21,24-40H2,1-3H3/b22-14-,23-15-. The van der Waals surface area contributed by atoms with E-state index in [1.54, 1.807) is 0 Å². The maximum Gasteiger partial charge on any atom is 0.305 e. The van der Waals surface area contributed by atoms with E-state index in [0.29, 0.717) is 13.0 Å². The third kappa shape index (κ3) is 36.1. The number of hydrogen-bond acceptors (Lipinski definition) is 6. The van der Waals surface area contributed by atoms with E-state index in [9.17, 15) is 9.90 Å². The number of rotatable bonds is 39. The zero-order chi connectivity index (χ0) is 35.0. The Morgan fingerprint density at radius 3 is 1.58 bits per heavy atom. The van der Waals surface area contributed by atoms with Crippen LogP contribution in [0.15, 0.2) is 24.3 Å². The fourth-order valence-electron chi connectivity index (χ4n) is 5.79. The van der Waals surface area contributed by atoms with Crippen LogP contribution in [-0.2, 0) is 19.0 Å². The van der Waals surface area contributed by atoms with Crippen LogP contribution in [0.25, 0.3) is 0 Å². The summed E-state index contributed by atoms with van der Waals surface area (Å²) in [7, 11) is 0. The van der Waals surface area contributed by atoms with Gasteiger partial charge < -0.3 is 24.2 Å². The molecule has 0 aliphatic rings. The predicted octanol–water partition coefficient (Wildman–Crippen LogP) is 11.5. The fraction of sp³-hybridized carbons (Fsp3) is 0.881. The molecular formula is C42H81NO5. The number of aliphatic hydroxyl groups excluding tert-OH is 1. The number of carbonyl (C=O) groups excluding carboxylic acids is 1. The monoisotopic (exact) mass is 680 g/mol. The van der Waals surface area contributed by atoms with Gasteiger partial charge in [-0.2, -0.15) is 0 Å². The Hall–Kier alpha value is -1.21. The molecule has 0 aliphatic heterocycles. The van der Waals surface area contributed by atoms with Crippen LogP contribution in [0, 0.1) is 0 Å². The Kier molecular flexibility index (Phi) is 39.2. The van der Waals surface area contributed by atoms with E-state index in [-0.39, 0.29) is 18.9 Å². The van der Waals surface area contributed by atoms with Gasteiger partial charge in [-0.15, -0.1) is 0 Å². The van der Waals surface area contributed by atoms with Crippen molar-refractivity contribution in [2.45, 2.75) is 194 Å². The summed E-state index contributed by atoms with van der Waals surface area (Å²) in [6.07, 6.45) is 38.6. The summed E-state index contributed by atoms with van der Waals surface area (Å²) in [4.78, 5) is 14.4. The van der Waals surface area contributed by atoms with Crippen molar-refractivity contribution in [3.8, 4) is 0 Å². The molecule has 284 valence electrons. The van der Waals surface area contributed by atoms with E-state index in [4.69, 9.17) is 14.2 Å². The Balaban J connectivity index is 4.02. The van der Waals surface area contributed by atoms with E-state index < -0.39 is 0 Å². The van der Waals surface area contributed by atoms with Gasteiger partial charge >= 0.3 is 5.97 Å². The lowest BCUT2D eigenvalue weighted by molar-refractivity contribution is -0.145. The number of unbranched alkanes of at least 4 members (excludes halogenated alkanes) is 17. The van der Waals surface area contributed by atoms with Crippen molar-refractivity contribution < 1.29 is 24.1 Å². The number of allylic oxidation sites excluding steroid dienone is 2. The minimum Gasteiger partial charge on any atom is -0.466 e. The zero-order valence-corrected chi connectivity index (χ0v) is 32.2. The summed E-state index contributed by atoms with van der Waals surface area (Å²) < 4.78 is 17.7. The molecule has 0 heterocycles. The lowest BCUT2D eigenvalue weighted by Crippen LogP contribution is -2.29. The van der Waals surface area contributed by atoms with Crippen LogP contribution >= 0.6 is 0 Å². The number of ether oxygens (including phenoxy) is 3. The van der Waals surface area contributed by atoms with Crippen LogP contribution in [0.1, 0.15) is 188 Å². The molecule has 0 aromatic carbocycles. The van der Waals surface area contributed by atoms with Crippen LogP contribution in [0.4, 0.5) is 0 Å². The van der Waals surface area contributed by atoms with Gasteiger partial charge in [-0.25, -0.2) is 0 Å². The van der Waals surface area contributed by atoms with Crippen molar-refractivity contribution in [3.63, 3.8) is 0 Å². The average Bonchev–Trinajstić information content (AvgIpc) is 3.09. The van der Waals surface area contributed by atoms with Gasteiger partial charge in [0, 0.05) is 13.0 Å². The molecule has 0 saturated carbocycles. The molecule has 6 nitrogen and oxygen atoms in total. The Bertz CT molecular complexity index is 674. The Labute approximate surface area is 298 Å². The van der Waals surface area contributed by atoms with Crippen LogP contribution in [0.2, 0.25) is 0 Å². The number of nitrogens with zero attached hydrogens (tertiary/aromatic N) is 1. The Morgan fingerprint density at radius 2 is 1.02 bits per heavy atom. The maximum atomic E-state index is 12.0. The second-order valence-corrected chi connectivity index (χ2v) is 13.6. The summed E-state index contributed by atoms with van der Waals surface area (Å²) in [5, 5.41) is 9.56. The molecule has 0 amide bonds. The molecule has 0 spiro atoms. The number of aliphatic hydroxyl groups is 1. The highest BCUT2D eigenvalue weighted by atomic mass is 16.7. The fourth-order valence-corrected chi connectivity index (χ4v) is 5.79. The van der Waals surface area contributed by atoms with Gasteiger partial charge in [0.1, 0.15) is 0 Å². The van der Waals surface area contributed by atoms with E-state index in [1.807, 2.05) is 0 Å². The van der Waals surface area contributed by atoms with Gasteiger partial charge in [-0.3, -0.25) is 4.79 Å². The lowest BCUT2D eigenvalue weighted by Gasteiger charge is -2.21. The largest absolute Gasteiger partial charge is 0.466 e.